The first-order chi connectivity index (χ1) is 8.77. The molecule has 0 saturated heterocycles. The Kier molecular flexibility index (Phi) is 4.72. The monoisotopic (exact) mass is 249 g/mol. The number of hydrogen-bond acceptors (Lipinski definition) is 3. The normalized spacial score (nSPS) is 20.6. The fourth-order valence-corrected chi connectivity index (χ4v) is 2.94. The van der Waals surface area contributed by atoms with Crippen molar-refractivity contribution in [1.82, 2.24) is 4.98 Å². The second-order valence-electron chi connectivity index (χ2n) is 5.14. The molecule has 1 aromatic heterocycles. The number of rotatable bonds is 5. The smallest absolute Gasteiger partial charge is 0.0943 e. The van der Waals surface area contributed by atoms with Gasteiger partial charge < -0.3 is 9.84 Å². The largest absolute Gasteiger partial charge is 0.390 e. The quantitative estimate of drug-likeness (QED) is 0.872. The molecule has 1 aromatic rings. The molecule has 1 atom stereocenters. The Morgan fingerprint density at radius 2 is 2.17 bits per heavy atom. The summed E-state index contributed by atoms with van der Waals surface area (Å²) in [5, 5.41) is 10.6. The number of aromatic nitrogens is 1. The van der Waals surface area contributed by atoms with E-state index in [9.17, 15) is 5.11 Å². The van der Waals surface area contributed by atoms with Crippen molar-refractivity contribution >= 4 is 0 Å². The van der Waals surface area contributed by atoms with Crippen LogP contribution in [0.5, 0.6) is 0 Å². The second kappa shape index (κ2) is 6.30. The van der Waals surface area contributed by atoms with E-state index in [2.05, 4.69) is 4.98 Å². The Morgan fingerprint density at radius 1 is 1.39 bits per heavy atom. The molecule has 1 aliphatic rings. The van der Waals surface area contributed by atoms with Gasteiger partial charge in [0, 0.05) is 25.4 Å². The van der Waals surface area contributed by atoms with Crippen molar-refractivity contribution in [2.24, 2.45) is 0 Å². The van der Waals surface area contributed by atoms with Gasteiger partial charge in [0.1, 0.15) is 0 Å². The molecule has 0 aromatic carbocycles. The lowest BCUT2D eigenvalue weighted by atomic mass is 9.78. The first-order valence-corrected chi connectivity index (χ1v) is 6.98. The van der Waals surface area contributed by atoms with Gasteiger partial charge >= 0.3 is 0 Å². The Labute approximate surface area is 109 Å². The van der Waals surface area contributed by atoms with Crippen LogP contribution in [0.1, 0.15) is 44.6 Å². The summed E-state index contributed by atoms with van der Waals surface area (Å²) >= 11 is 0. The van der Waals surface area contributed by atoms with Crippen molar-refractivity contribution in [3.05, 3.63) is 30.1 Å². The lowest BCUT2D eigenvalue weighted by Gasteiger charge is -2.41. The standard InChI is InChI=1S/C15H23NO2/c1-2-18-15(8-4-3-5-9-15)14(17)11-13-7-6-10-16-12-13/h6-7,10,12,14,17H,2-5,8-9,11H2,1H3. The third kappa shape index (κ3) is 3.09. The van der Waals surface area contributed by atoms with E-state index in [1.165, 1.54) is 6.42 Å². The van der Waals surface area contributed by atoms with Crippen LogP contribution in [0.4, 0.5) is 0 Å². The van der Waals surface area contributed by atoms with Gasteiger partial charge in [-0.25, -0.2) is 0 Å². The lowest BCUT2D eigenvalue weighted by molar-refractivity contribution is -0.138. The average molecular weight is 249 g/mol. The molecule has 1 aliphatic carbocycles. The summed E-state index contributed by atoms with van der Waals surface area (Å²) in [5.74, 6) is 0. The van der Waals surface area contributed by atoms with E-state index >= 15 is 0 Å². The van der Waals surface area contributed by atoms with Gasteiger partial charge in [-0.2, -0.15) is 0 Å². The highest BCUT2D eigenvalue weighted by molar-refractivity contribution is 5.11. The van der Waals surface area contributed by atoms with E-state index in [1.807, 2.05) is 25.3 Å². The molecule has 0 radical (unpaired) electrons. The van der Waals surface area contributed by atoms with Crippen molar-refractivity contribution in [2.45, 2.75) is 57.2 Å². The first kappa shape index (κ1) is 13.5. The minimum atomic E-state index is -0.429. The summed E-state index contributed by atoms with van der Waals surface area (Å²) in [5.41, 5.74) is 0.748. The first-order valence-electron chi connectivity index (χ1n) is 6.98. The number of aliphatic hydroxyl groups excluding tert-OH is 1. The summed E-state index contributed by atoms with van der Waals surface area (Å²) in [6.07, 6.45) is 9.31. The van der Waals surface area contributed by atoms with Crippen LogP contribution in [0.3, 0.4) is 0 Å². The highest BCUT2D eigenvalue weighted by Crippen LogP contribution is 2.35. The van der Waals surface area contributed by atoms with Crippen LogP contribution in [0.15, 0.2) is 24.5 Å². The predicted molar refractivity (Wildman–Crippen MR) is 71.4 cm³/mol. The van der Waals surface area contributed by atoms with Crippen LogP contribution in [-0.2, 0) is 11.2 Å². The highest BCUT2D eigenvalue weighted by Gasteiger charge is 2.39. The minimum absolute atomic E-state index is 0.331. The van der Waals surface area contributed by atoms with Crippen LogP contribution in [0.2, 0.25) is 0 Å². The lowest BCUT2D eigenvalue weighted by Crippen LogP contribution is -2.47. The van der Waals surface area contributed by atoms with Gasteiger partial charge in [0.15, 0.2) is 0 Å². The molecule has 0 spiro atoms. The van der Waals surface area contributed by atoms with E-state index in [0.29, 0.717) is 13.0 Å². The molecule has 2 rings (SSSR count). The minimum Gasteiger partial charge on any atom is -0.390 e. The van der Waals surface area contributed by atoms with Crippen molar-refractivity contribution in [3.8, 4) is 0 Å². The van der Waals surface area contributed by atoms with Gasteiger partial charge in [0.25, 0.3) is 0 Å². The number of aliphatic hydroxyl groups is 1. The van der Waals surface area contributed by atoms with Crippen molar-refractivity contribution in [1.29, 1.82) is 0 Å². The summed E-state index contributed by atoms with van der Waals surface area (Å²) < 4.78 is 5.93. The van der Waals surface area contributed by atoms with Crippen LogP contribution in [-0.4, -0.2) is 28.4 Å². The third-order valence-electron chi connectivity index (χ3n) is 3.89. The van der Waals surface area contributed by atoms with Gasteiger partial charge in [-0.15, -0.1) is 0 Å². The molecule has 1 fully saturated rings. The Hall–Kier alpha value is -0.930. The zero-order chi connectivity index (χ0) is 12.8. The van der Waals surface area contributed by atoms with Crippen molar-refractivity contribution in [3.63, 3.8) is 0 Å². The van der Waals surface area contributed by atoms with E-state index in [4.69, 9.17) is 4.74 Å². The molecule has 1 N–H and O–H groups in total. The van der Waals surface area contributed by atoms with Crippen LogP contribution >= 0.6 is 0 Å². The molecule has 1 saturated carbocycles. The molecule has 1 heterocycles. The number of pyridine rings is 1. The summed E-state index contributed by atoms with van der Waals surface area (Å²) in [6.45, 7) is 2.68. The number of nitrogens with zero attached hydrogens (tertiary/aromatic N) is 1. The number of hydrogen-bond donors (Lipinski definition) is 1. The van der Waals surface area contributed by atoms with E-state index in [0.717, 1.165) is 31.2 Å². The van der Waals surface area contributed by atoms with Gasteiger partial charge in [0.05, 0.1) is 11.7 Å². The maximum atomic E-state index is 10.6. The van der Waals surface area contributed by atoms with Gasteiger partial charge in [-0.3, -0.25) is 4.98 Å². The van der Waals surface area contributed by atoms with E-state index in [-0.39, 0.29) is 5.60 Å². The fourth-order valence-electron chi connectivity index (χ4n) is 2.94. The summed E-state index contributed by atoms with van der Waals surface area (Å²) in [7, 11) is 0. The predicted octanol–water partition coefficient (Wildman–Crippen LogP) is 2.72. The van der Waals surface area contributed by atoms with Gasteiger partial charge in [-0.1, -0.05) is 25.3 Å². The average Bonchev–Trinajstić information content (AvgIpc) is 2.41. The molecular weight excluding hydrogens is 226 g/mol. The summed E-state index contributed by atoms with van der Waals surface area (Å²) in [4.78, 5) is 4.10. The van der Waals surface area contributed by atoms with Crippen LogP contribution in [0, 0.1) is 0 Å². The maximum Gasteiger partial charge on any atom is 0.0943 e. The zero-order valence-corrected chi connectivity index (χ0v) is 11.1. The number of ether oxygens (including phenoxy) is 1. The third-order valence-corrected chi connectivity index (χ3v) is 3.89. The molecule has 1 unspecified atom stereocenters. The van der Waals surface area contributed by atoms with E-state index in [1.54, 1.807) is 6.20 Å². The van der Waals surface area contributed by atoms with Gasteiger partial charge in [-0.05, 0) is 31.4 Å². The SMILES string of the molecule is CCOC1(C(O)Cc2cccnc2)CCCCC1. The topological polar surface area (TPSA) is 42.4 Å². The van der Waals surface area contributed by atoms with Crippen molar-refractivity contribution < 1.29 is 9.84 Å². The Bertz CT molecular complexity index is 341. The molecule has 3 nitrogen and oxygen atoms in total. The Morgan fingerprint density at radius 3 is 2.78 bits per heavy atom. The maximum absolute atomic E-state index is 10.6. The molecule has 18 heavy (non-hydrogen) atoms. The summed E-state index contributed by atoms with van der Waals surface area (Å²) in [6, 6.07) is 3.93. The fraction of sp³-hybridized carbons (Fsp3) is 0.667. The van der Waals surface area contributed by atoms with Crippen LogP contribution < -0.4 is 0 Å². The molecule has 0 amide bonds. The highest BCUT2D eigenvalue weighted by atomic mass is 16.5. The van der Waals surface area contributed by atoms with Crippen molar-refractivity contribution in [2.75, 3.05) is 6.61 Å². The molecule has 3 heteroatoms. The van der Waals surface area contributed by atoms with E-state index < -0.39 is 6.10 Å². The molecule has 0 bridgehead atoms. The molecule has 0 aliphatic heterocycles. The van der Waals surface area contributed by atoms with Crippen LogP contribution in [0.25, 0.3) is 0 Å². The molecule has 100 valence electrons. The zero-order valence-electron chi connectivity index (χ0n) is 11.1. The Balaban J connectivity index is 2.05. The molecular formula is C15H23NO2. The second-order valence-corrected chi connectivity index (χ2v) is 5.14. The van der Waals surface area contributed by atoms with Gasteiger partial charge in [0.2, 0.25) is 0 Å².